The standard InChI is InChI=1S/C10H13N5OS/c1-7-6-8(16)12-9-15(7)13-10(17-9)14-4-2-11-3-5-14/h6,11H,2-5H2,1H3. The highest BCUT2D eigenvalue weighted by Gasteiger charge is 2.16. The molecule has 0 spiro atoms. The van der Waals surface area contributed by atoms with Gasteiger partial charge in [0.15, 0.2) is 0 Å². The number of aromatic nitrogens is 3. The minimum atomic E-state index is -0.196. The molecule has 0 aromatic carbocycles. The van der Waals surface area contributed by atoms with Crippen molar-refractivity contribution in [1.82, 2.24) is 19.9 Å². The molecule has 1 saturated heterocycles. The third-order valence-corrected chi connectivity index (χ3v) is 3.78. The van der Waals surface area contributed by atoms with Gasteiger partial charge in [0.2, 0.25) is 10.1 Å². The molecule has 0 bridgehead atoms. The fraction of sp³-hybridized carbons (Fsp3) is 0.500. The zero-order chi connectivity index (χ0) is 11.8. The number of aryl methyl sites for hydroxylation is 1. The monoisotopic (exact) mass is 251 g/mol. The van der Waals surface area contributed by atoms with E-state index in [1.807, 2.05) is 6.92 Å². The Labute approximate surface area is 102 Å². The van der Waals surface area contributed by atoms with Crippen molar-refractivity contribution < 1.29 is 0 Å². The van der Waals surface area contributed by atoms with Gasteiger partial charge in [0.1, 0.15) is 0 Å². The quantitative estimate of drug-likeness (QED) is 0.765. The van der Waals surface area contributed by atoms with Crippen molar-refractivity contribution in [2.45, 2.75) is 6.92 Å². The van der Waals surface area contributed by atoms with Gasteiger partial charge in [-0.3, -0.25) is 4.79 Å². The van der Waals surface area contributed by atoms with Gasteiger partial charge < -0.3 is 10.2 Å². The molecule has 7 heteroatoms. The van der Waals surface area contributed by atoms with Crippen LogP contribution in [0.3, 0.4) is 0 Å². The van der Waals surface area contributed by atoms with Crippen molar-refractivity contribution in [1.29, 1.82) is 0 Å². The van der Waals surface area contributed by atoms with Crippen LogP contribution in [0.4, 0.5) is 5.13 Å². The summed E-state index contributed by atoms with van der Waals surface area (Å²) in [4.78, 5) is 18.2. The van der Waals surface area contributed by atoms with E-state index in [0.29, 0.717) is 4.96 Å². The van der Waals surface area contributed by atoms with Gasteiger partial charge >= 0.3 is 0 Å². The predicted octanol–water partition coefficient (Wildman–Crippen LogP) is -0.131. The van der Waals surface area contributed by atoms with Crippen LogP contribution in [0.1, 0.15) is 5.69 Å². The molecule has 0 saturated carbocycles. The van der Waals surface area contributed by atoms with Crippen LogP contribution in [0.25, 0.3) is 4.96 Å². The van der Waals surface area contributed by atoms with E-state index in [9.17, 15) is 4.79 Å². The highest BCUT2D eigenvalue weighted by molar-refractivity contribution is 7.20. The number of nitrogens with one attached hydrogen (secondary N) is 1. The maximum atomic E-state index is 11.3. The highest BCUT2D eigenvalue weighted by Crippen LogP contribution is 2.22. The van der Waals surface area contributed by atoms with Crippen LogP contribution in [-0.2, 0) is 0 Å². The zero-order valence-electron chi connectivity index (χ0n) is 9.51. The van der Waals surface area contributed by atoms with Crippen LogP contribution >= 0.6 is 11.3 Å². The maximum absolute atomic E-state index is 11.3. The van der Waals surface area contributed by atoms with Crippen LogP contribution < -0.4 is 15.8 Å². The largest absolute Gasteiger partial charge is 0.344 e. The molecule has 1 N–H and O–H groups in total. The second-order valence-electron chi connectivity index (χ2n) is 4.05. The fourth-order valence-corrected chi connectivity index (χ4v) is 2.93. The zero-order valence-corrected chi connectivity index (χ0v) is 10.3. The lowest BCUT2D eigenvalue weighted by atomic mass is 10.4. The van der Waals surface area contributed by atoms with E-state index in [-0.39, 0.29) is 5.56 Å². The average molecular weight is 251 g/mol. The van der Waals surface area contributed by atoms with Gasteiger partial charge in [-0.05, 0) is 6.92 Å². The minimum Gasteiger partial charge on any atom is -0.344 e. The summed E-state index contributed by atoms with van der Waals surface area (Å²) in [7, 11) is 0. The molecule has 0 atom stereocenters. The number of fused-ring (bicyclic) bond motifs is 1. The molecule has 6 nitrogen and oxygen atoms in total. The van der Waals surface area contributed by atoms with Crippen LogP contribution in [0.5, 0.6) is 0 Å². The van der Waals surface area contributed by atoms with Crippen LogP contribution in [0.15, 0.2) is 10.9 Å². The molecule has 2 aromatic rings. The second kappa shape index (κ2) is 4.08. The molecule has 3 heterocycles. The molecule has 17 heavy (non-hydrogen) atoms. The Morgan fingerprint density at radius 2 is 2.18 bits per heavy atom. The summed E-state index contributed by atoms with van der Waals surface area (Å²) in [6, 6.07) is 1.51. The van der Waals surface area contributed by atoms with Crippen LogP contribution in [0.2, 0.25) is 0 Å². The lowest BCUT2D eigenvalue weighted by Crippen LogP contribution is -2.43. The Morgan fingerprint density at radius 1 is 1.41 bits per heavy atom. The maximum Gasteiger partial charge on any atom is 0.274 e. The summed E-state index contributed by atoms with van der Waals surface area (Å²) in [5.41, 5.74) is 0.635. The van der Waals surface area contributed by atoms with E-state index in [0.717, 1.165) is 37.0 Å². The first kappa shape index (κ1) is 10.7. The van der Waals surface area contributed by atoms with Crippen molar-refractivity contribution in [3.8, 4) is 0 Å². The van der Waals surface area contributed by atoms with Crippen LogP contribution in [0, 0.1) is 6.92 Å². The SMILES string of the molecule is Cc1cc(=O)nc2sc(N3CCNCC3)nn12. The molecule has 0 unspecified atom stereocenters. The summed E-state index contributed by atoms with van der Waals surface area (Å²) in [6.45, 7) is 5.71. The van der Waals surface area contributed by atoms with Crippen molar-refractivity contribution >= 4 is 21.4 Å². The molecule has 2 aromatic heterocycles. The van der Waals surface area contributed by atoms with Crippen molar-refractivity contribution in [3.05, 3.63) is 22.1 Å². The predicted molar refractivity (Wildman–Crippen MR) is 67.0 cm³/mol. The molecule has 0 amide bonds. The third-order valence-electron chi connectivity index (χ3n) is 2.81. The summed E-state index contributed by atoms with van der Waals surface area (Å²) >= 11 is 1.47. The van der Waals surface area contributed by atoms with Gasteiger partial charge in [0.25, 0.3) is 5.56 Å². The third kappa shape index (κ3) is 1.91. The number of anilines is 1. The summed E-state index contributed by atoms with van der Waals surface area (Å²) < 4.78 is 1.74. The topological polar surface area (TPSA) is 62.5 Å². The molecule has 1 fully saturated rings. The Bertz CT molecular complexity index is 598. The van der Waals surface area contributed by atoms with Gasteiger partial charge in [-0.1, -0.05) is 11.3 Å². The number of rotatable bonds is 1. The van der Waals surface area contributed by atoms with E-state index in [1.54, 1.807) is 4.52 Å². The second-order valence-corrected chi connectivity index (χ2v) is 4.99. The number of hydrogen-bond acceptors (Lipinski definition) is 6. The average Bonchev–Trinajstić information content (AvgIpc) is 2.74. The Morgan fingerprint density at radius 3 is 2.94 bits per heavy atom. The van der Waals surface area contributed by atoms with Gasteiger partial charge in [-0.15, -0.1) is 5.10 Å². The molecular weight excluding hydrogens is 238 g/mol. The number of hydrogen-bond donors (Lipinski definition) is 1. The van der Waals surface area contributed by atoms with E-state index >= 15 is 0 Å². The van der Waals surface area contributed by atoms with E-state index in [2.05, 4.69) is 20.3 Å². The van der Waals surface area contributed by atoms with Gasteiger partial charge in [0.05, 0.1) is 0 Å². The molecular formula is C10H13N5OS. The van der Waals surface area contributed by atoms with Crippen molar-refractivity contribution in [3.63, 3.8) is 0 Å². The summed E-state index contributed by atoms with van der Waals surface area (Å²) in [6.07, 6.45) is 0. The van der Waals surface area contributed by atoms with Gasteiger partial charge in [-0.25, -0.2) is 4.52 Å². The van der Waals surface area contributed by atoms with Crippen LogP contribution in [-0.4, -0.2) is 40.8 Å². The summed E-state index contributed by atoms with van der Waals surface area (Å²) in [5, 5.41) is 8.75. The molecule has 0 radical (unpaired) electrons. The van der Waals surface area contributed by atoms with Crippen molar-refractivity contribution in [2.24, 2.45) is 0 Å². The van der Waals surface area contributed by atoms with E-state index in [1.165, 1.54) is 17.4 Å². The summed E-state index contributed by atoms with van der Waals surface area (Å²) in [5.74, 6) is 0. The first-order chi connectivity index (χ1) is 8.24. The lowest BCUT2D eigenvalue weighted by molar-refractivity contribution is 0.585. The Hall–Kier alpha value is -1.47. The Balaban J connectivity index is 2.06. The molecule has 1 aliphatic heterocycles. The number of piperazine rings is 1. The normalized spacial score (nSPS) is 16.6. The lowest BCUT2D eigenvalue weighted by Gasteiger charge is -2.26. The molecule has 1 aliphatic rings. The fourth-order valence-electron chi connectivity index (χ4n) is 1.92. The van der Waals surface area contributed by atoms with E-state index in [4.69, 9.17) is 0 Å². The highest BCUT2D eigenvalue weighted by atomic mass is 32.1. The van der Waals surface area contributed by atoms with Gasteiger partial charge in [0, 0.05) is 37.9 Å². The molecule has 3 rings (SSSR count). The molecule has 90 valence electrons. The molecule has 0 aliphatic carbocycles. The van der Waals surface area contributed by atoms with Crippen molar-refractivity contribution in [2.75, 3.05) is 31.1 Å². The smallest absolute Gasteiger partial charge is 0.274 e. The first-order valence-electron chi connectivity index (χ1n) is 5.57. The Kier molecular flexibility index (Phi) is 2.56. The first-order valence-corrected chi connectivity index (χ1v) is 6.39. The van der Waals surface area contributed by atoms with E-state index < -0.39 is 0 Å². The number of nitrogens with zero attached hydrogens (tertiary/aromatic N) is 4. The minimum absolute atomic E-state index is 0.196. The van der Waals surface area contributed by atoms with Gasteiger partial charge in [-0.2, -0.15) is 4.98 Å².